The van der Waals surface area contributed by atoms with Gasteiger partial charge in [0.25, 0.3) is 21.9 Å². The lowest BCUT2D eigenvalue weighted by Gasteiger charge is -2.34. The van der Waals surface area contributed by atoms with Crippen molar-refractivity contribution in [1.29, 1.82) is 0 Å². The number of imide groups is 1. The van der Waals surface area contributed by atoms with Gasteiger partial charge in [-0.3, -0.25) is 19.2 Å². The molecule has 0 aliphatic carbocycles. The fourth-order valence-electron chi connectivity index (χ4n) is 7.61. The van der Waals surface area contributed by atoms with Gasteiger partial charge in [-0.05, 0) is 54.8 Å². The highest BCUT2D eigenvalue weighted by Gasteiger charge is 2.43. The topological polar surface area (TPSA) is 346 Å². The van der Waals surface area contributed by atoms with Gasteiger partial charge in [0, 0.05) is 66.5 Å². The highest BCUT2D eigenvalue weighted by molar-refractivity contribution is 7.96. The van der Waals surface area contributed by atoms with Crippen LogP contribution < -0.4 is 30.9 Å². The molecule has 4 heterocycles. The van der Waals surface area contributed by atoms with Gasteiger partial charge in [-0.2, -0.15) is 12.8 Å². The zero-order chi connectivity index (χ0) is 48.4. The molecule has 2 amide bonds. The summed E-state index contributed by atoms with van der Waals surface area (Å²) in [5.41, 5.74) is -1.96. The van der Waals surface area contributed by atoms with Gasteiger partial charge in [0.1, 0.15) is 26.9 Å². The number of carboxylic acids is 1. The van der Waals surface area contributed by atoms with Crippen LogP contribution in [-0.4, -0.2) is 101 Å². The lowest BCUT2D eigenvalue weighted by Crippen LogP contribution is -2.89. The van der Waals surface area contributed by atoms with E-state index in [2.05, 4.69) is 24.5 Å². The number of fused-ring (bicyclic) bond motifs is 4. The van der Waals surface area contributed by atoms with Crippen LogP contribution in [0.25, 0.3) is 16.7 Å². The third-order valence-corrected chi connectivity index (χ3v) is 12.9. The molecule has 1 unspecified atom stereocenters. The van der Waals surface area contributed by atoms with Gasteiger partial charge < -0.3 is 34.4 Å². The Balaban J connectivity index is 0.000000397. The van der Waals surface area contributed by atoms with Gasteiger partial charge in [-0.15, -0.1) is 5.06 Å². The summed E-state index contributed by atoms with van der Waals surface area (Å²) in [5.74, 6) is -6.17. The Kier molecular flexibility index (Phi) is 13.3. The molecule has 0 radical (unpaired) electrons. The van der Waals surface area contributed by atoms with Crippen LogP contribution in [-0.2, 0) is 58.9 Å². The maximum absolute atomic E-state index is 13.2. The Bertz CT molecular complexity index is 3150. The molecule has 7 rings (SSSR count). The van der Waals surface area contributed by atoms with Crippen molar-refractivity contribution in [2.75, 3.05) is 16.8 Å². The van der Waals surface area contributed by atoms with Crippen LogP contribution in [0.15, 0.2) is 53.4 Å². The van der Waals surface area contributed by atoms with Crippen molar-refractivity contribution in [3.63, 3.8) is 0 Å². The van der Waals surface area contributed by atoms with E-state index in [-0.39, 0.29) is 66.7 Å². The van der Waals surface area contributed by atoms with E-state index in [0.717, 1.165) is 6.92 Å². The van der Waals surface area contributed by atoms with Crippen LogP contribution in [0.2, 0.25) is 5.02 Å². The molecule has 0 bridgehead atoms. The first-order valence-electron chi connectivity index (χ1n) is 18.4. The number of rotatable bonds is 11. The zero-order valence-corrected chi connectivity index (χ0v) is 38.1. The first kappa shape index (κ1) is 49.2. The van der Waals surface area contributed by atoms with E-state index in [4.69, 9.17) is 16.3 Å². The molecule has 0 spiro atoms. The van der Waals surface area contributed by atoms with E-state index < -0.39 is 98.1 Å². The fourth-order valence-corrected chi connectivity index (χ4v) is 10.4. The standard InChI is InChI=1S/C32H29ClN2O12S3.C6H7NO7S/c1-31(2)11-15(13-48(38,39)40)18-8-20-24(10-23(18)34-31)47-28-21(25(20)17-6-5-7-22(33)26(17)30(36)37)9-19-16(14-49(41,42)43)12-32(3,4)35-27(19)29(28)50(44,45)46;1-3(8)12-7-5(9)2-4(6(7)10)15-14-13-11/h5-12,34H,13-14H2,1-4H3,(H,36,37)(H,38,39,40)(H,41,42,43)(H,44,45,46);4,11H,2H2,1H3/p-2. The molecule has 22 nitrogen and oxygen atoms in total. The van der Waals surface area contributed by atoms with Gasteiger partial charge in [-0.1, -0.05) is 29.8 Å². The van der Waals surface area contributed by atoms with Gasteiger partial charge in [0.15, 0.2) is 16.2 Å². The lowest BCUT2D eigenvalue weighted by molar-refractivity contribution is -0.777. The number of carbonyl (C=O) groups excluding carboxylic acids is 3. The number of anilines is 1. The number of amides is 2. The van der Waals surface area contributed by atoms with Crippen LogP contribution >= 0.6 is 23.6 Å². The normalized spacial score (nSPS) is 18.2. The smallest absolute Gasteiger partial charge is 0.337 e. The minimum absolute atomic E-state index is 0.0261. The number of ether oxygens (including phenoxy) is 1. The van der Waals surface area contributed by atoms with E-state index in [1.807, 2.05) is 0 Å². The Morgan fingerprint density at radius 1 is 0.985 bits per heavy atom. The van der Waals surface area contributed by atoms with Crippen molar-refractivity contribution in [3.05, 3.63) is 92.0 Å². The number of hydrogen-bond donors (Lipinski definition) is 4. The summed E-state index contributed by atoms with van der Waals surface area (Å²) in [7, 11) is -15.0. The molecule has 3 aromatic rings. The molecule has 348 valence electrons. The van der Waals surface area contributed by atoms with Crippen molar-refractivity contribution in [2.45, 2.75) is 62.3 Å². The molecule has 65 heavy (non-hydrogen) atoms. The lowest BCUT2D eigenvalue weighted by atomic mass is 9.84. The number of benzene rings is 3. The maximum Gasteiger partial charge on any atom is 0.337 e. The number of hydrogen-bond acceptors (Lipinski definition) is 19. The van der Waals surface area contributed by atoms with Crippen LogP contribution in [0.5, 0.6) is 11.5 Å². The van der Waals surface area contributed by atoms with Gasteiger partial charge >= 0.3 is 11.9 Å². The molecular formula is C38H34ClN3O19S4-2. The van der Waals surface area contributed by atoms with Crippen LogP contribution in [0, 0.1) is 0 Å². The molecule has 0 saturated carbocycles. The second-order valence-electron chi connectivity index (χ2n) is 15.8. The molecule has 4 aliphatic rings. The summed E-state index contributed by atoms with van der Waals surface area (Å²) in [4.78, 5) is 52.0. The molecule has 1 saturated heterocycles. The number of nitrogens with zero attached hydrogens (tertiary/aromatic N) is 1. The van der Waals surface area contributed by atoms with Crippen molar-refractivity contribution in [2.24, 2.45) is 0 Å². The summed E-state index contributed by atoms with van der Waals surface area (Å²) < 4.78 is 120. The number of carboxylic acid groups (broad SMARTS) is 1. The first-order chi connectivity index (χ1) is 29.9. The second-order valence-corrected chi connectivity index (χ2v) is 21.3. The molecule has 27 heteroatoms. The zero-order valence-electron chi connectivity index (χ0n) is 34.1. The quantitative estimate of drug-likeness (QED) is 0.0491. The number of hydroxylamine groups is 2. The number of nitrogens with one attached hydrogen (secondary N) is 2. The molecule has 3 aromatic carbocycles. The van der Waals surface area contributed by atoms with E-state index in [0.29, 0.717) is 22.8 Å². The maximum atomic E-state index is 13.2. The van der Waals surface area contributed by atoms with Crippen LogP contribution in [0.1, 0.15) is 73.7 Å². The van der Waals surface area contributed by atoms with Crippen molar-refractivity contribution >= 4 is 100 Å². The molecule has 4 N–H and O–H groups in total. The Labute approximate surface area is 378 Å². The summed E-state index contributed by atoms with van der Waals surface area (Å²) >= 11 is 6.77. The largest absolute Gasteiger partial charge is 0.748 e. The van der Waals surface area contributed by atoms with E-state index in [1.54, 1.807) is 33.8 Å². The Hall–Kier alpha value is -5.26. The Morgan fingerprint density at radius 2 is 1.65 bits per heavy atom. The summed E-state index contributed by atoms with van der Waals surface area (Å²) in [6.45, 7) is 7.63. The van der Waals surface area contributed by atoms with Crippen molar-refractivity contribution in [1.82, 2.24) is 5.06 Å². The SMILES string of the molecule is CC(=O)ON1C(=O)CC(SOO[O-])C1=O.CC1(C)C=C(CS(=O)(=O)O)c2cc3c(cc2N1)Oc1c(S(=O)(=O)[O-])c2c(cc1=C3c1cccc(Cl)c1C(=O)O)C(CS(=O)(=O)[O-])=CC(C)(C)[NH+]=2. The minimum atomic E-state index is -5.48. The first-order valence-corrected chi connectivity index (χ1v) is 24.2. The average molecular weight is 1000 g/mol. The fraction of sp³-hybridized carbons (Fsp3) is 0.289. The van der Waals surface area contributed by atoms with Gasteiger partial charge in [0.2, 0.25) is 5.36 Å². The highest BCUT2D eigenvalue weighted by Crippen LogP contribution is 2.46. The van der Waals surface area contributed by atoms with Crippen LogP contribution in [0.3, 0.4) is 0 Å². The van der Waals surface area contributed by atoms with E-state index >= 15 is 0 Å². The molecule has 0 aromatic heterocycles. The molecular weight excluding hydrogens is 966 g/mol. The summed E-state index contributed by atoms with van der Waals surface area (Å²) in [5, 5.41) is 24.7. The van der Waals surface area contributed by atoms with Gasteiger partial charge in [0.05, 0.1) is 44.0 Å². The average Bonchev–Trinajstić information content (AvgIpc) is 3.39. The van der Waals surface area contributed by atoms with Crippen molar-refractivity contribution < 1.29 is 92.4 Å². The highest BCUT2D eigenvalue weighted by atomic mass is 35.5. The third-order valence-electron chi connectivity index (χ3n) is 9.65. The molecule has 1 fully saturated rings. The van der Waals surface area contributed by atoms with Crippen molar-refractivity contribution in [3.8, 4) is 11.5 Å². The van der Waals surface area contributed by atoms with E-state index in [9.17, 15) is 68.5 Å². The number of aromatic carboxylic acids is 1. The molecule has 4 aliphatic heterocycles. The predicted octanol–water partition coefficient (Wildman–Crippen LogP) is -0.345. The minimum Gasteiger partial charge on any atom is -0.748 e. The van der Waals surface area contributed by atoms with E-state index in [1.165, 1.54) is 42.5 Å². The molecule has 1 atom stereocenters. The third kappa shape index (κ3) is 10.7. The second kappa shape index (κ2) is 17.5. The monoisotopic (exact) mass is 999 g/mol. The number of carbonyl (C=O) groups is 4. The summed E-state index contributed by atoms with van der Waals surface area (Å²) in [6.07, 6.45) is 2.76. The number of halogens is 1. The van der Waals surface area contributed by atoms with Gasteiger partial charge in [-0.25, -0.2) is 31.4 Å². The Morgan fingerprint density at radius 3 is 2.23 bits per heavy atom. The predicted molar refractivity (Wildman–Crippen MR) is 221 cm³/mol. The summed E-state index contributed by atoms with van der Waals surface area (Å²) in [6, 6.07) is 8.30. The van der Waals surface area contributed by atoms with Crippen LogP contribution in [0.4, 0.5) is 5.69 Å².